The van der Waals surface area contributed by atoms with Gasteiger partial charge in [-0.15, -0.1) is 0 Å². The highest BCUT2D eigenvalue weighted by Crippen LogP contribution is 2.67. The first-order valence-electron chi connectivity index (χ1n) is 33.3. The van der Waals surface area contributed by atoms with Crippen LogP contribution in [0.3, 0.4) is 0 Å². The Hall–Kier alpha value is -1.41. The molecule has 3 fully saturated rings. The van der Waals surface area contributed by atoms with Crippen LogP contribution in [0.1, 0.15) is 145 Å². The second-order valence-electron chi connectivity index (χ2n) is 27.8. The van der Waals surface area contributed by atoms with Gasteiger partial charge in [0.2, 0.25) is 0 Å². The summed E-state index contributed by atoms with van der Waals surface area (Å²) in [6.45, 7) is 12.6. The molecule has 21 nitrogen and oxygen atoms in total. The van der Waals surface area contributed by atoms with Crippen molar-refractivity contribution < 1.29 is 144 Å². The Morgan fingerprint density at radius 1 is 0.529 bits per heavy atom. The summed E-state index contributed by atoms with van der Waals surface area (Å²) in [6.07, 6.45) is -26.7. The largest absolute Gasteiger partial charge is 0.483 e. The molecule has 0 heterocycles. The zero-order chi connectivity index (χ0) is 81.5. The normalized spacial score (nSPS) is 26.9. The van der Waals surface area contributed by atoms with Crippen molar-refractivity contribution in [2.24, 2.45) is 46.3 Å². The molecule has 0 spiro atoms. The molecule has 104 heavy (non-hydrogen) atoms. The van der Waals surface area contributed by atoms with E-state index >= 15 is 0 Å². The molecule has 4 aliphatic rings. The van der Waals surface area contributed by atoms with Crippen LogP contribution < -0.4 is 0 Å². The number of halogens is 13. The van der Waals surface area contributed by atoms with Gasteiger partial charge in [0.25, 0.3) is 0 Å². The van der Waals surface area contributed by atoms with E-state index in [1.165, 1.54) is 71.3 Å². The Kier molecular flexibility index (Phi) is 40.6. The first-order valence-corrected chi connectivity index (χ1v) is 36.6. The number of nitrogens with zero attached hydrogens (tertiary/aromatic N) is 4. The van der Waals surface area contributed by atoms with Crippen molar-refractivity contribution in [2.75, 3.05) is 33.3 Å². The average molecular weight is 1680 g/mol. The van der Waals surface area contributed by atoms with Crippen LogP contribution in [-0.2, 0) is 55.3 Å². The van der Waals surface area contributed by atoms with E-state index in [0.717, 1.165) is 49.4 Å². The monoisotopic (exact) mass is 1680 g/mol. The summed E-state index contributed by atoms with van der Waals surface area (Å²) in [7, 11) is 0.457. The summed E-state index contributed by atoms with van der Waals surface area (Å²) < 4.78 is 171. The number of fused-ring (bicyclic) bond motifs is 5. The summed E-state index contributed by atoms with van der Waals surface area (Å²) in [5.41, 5.74) is 1.97. The minimum absolute atomic E-state index is 0.0629. The lowest BCUT2D eigenvalue weighted by Gasteiger charge is -2.58. The predicted molar refractivity (Wildman–Crippen MR) is 381 cm³/mol. The highest BCUT2D eigenvalue weighted by atomic mass is 32.1. The first kappa shape index (κ1) is 101. The fourth-order valence-corrected chi connectivity index (χ4v) is 15.2. The van der Waals surface area contributed by atoms with Crippen molar-refractivity contribution in [1.82, 2.24) is 19.6 Å². The lowest BCUT2D eigenvalue weighted by molar-refractivity contribution is -0.412. The molecule has 24 unspecified atom stereocenters. The molecule has 0 bridgehead atoms. The van der Waals surface area contributed by atoms with Crippen LogP contribution in [-0.4, -0.2) is 280 Å². The van der Waals surface area contributed by atoms with Gasteiger partial charge < -0.3 is 191 Å². The predicted octanol–water partition coefficient (Wildman–Crippen LogP) is 5.29. The summed E-state index contributed by atoms with van der Waals surface area (Å²) in [4.78, 5) is -1.64. The fourth-order valence-electron chi connectivity index (χ4n) is 13.9. The molecule has 0 aliphatic heterocycles. The Bertz CT molecular complexity index is 2650. The molecule has 3 saturated carbocycles. The van der Waals surface area contributed by atoms with Crippen molar-refractivity contribution in [3.8, 4) is 0 Å². The SMILES string of the molecule is CC(C)CCCC(C)C1CCC2C3CC=C4CC(OCC(O)C(O)C(O)C(O)CN(C(=S)[S-])C(F)(F)F)CCC4(C)C3CCC12C.CCC(O)C(O)C(O)(F)C(O)(F)C(F)(F)N(C)C(=S)[S-].CCC(O)C(O)C(O)C(O)CN(C(=S)[S-])C(F)(F)F.CCC(O)C(O)C(O)C(O)CN(C(=S)[S-])C(F)(F)F. The van der Waals surface area contributed by atoms with Crippen LogP contribution in [0.2, 0.25) is 0 Å². The molecule has 16 N–H and O–H groups in total. The molecule has 24 atom stereocenters. The number of hydrogen-bond donors (Lipinski definition) is 16. The quantitative estimate of drug-likeness (QED) is 0.0138. The number of likely N-dealkylation sites (N-methyl/N-ethyl adjacent to an activating group) is 1. The maximum atomic E-state index is 13.8. The average Bonchev–Trinajstić information content (AvgIpc) is 1.40. The Morgan fingerprint density at radius 3 is 1.27 bits per heavy atom. The van der Waals surface area contributed by atoms with Gasteiger partial charge in [0, 0.05) is 7.05 Å². The van der Waals surface area contributed by atoms with Crippen molar-refractivity contribution in [1.29, 1.82) is 0 Å². The molecule has 0 aromatic heterocycles. The third-order valence-corrected chi connectivity index (χ3v) is 22.3. The van der Waals surface area contributed by atoms with Crippen LogP contribution in [0.4, 0.5) is 57.1 Å². The summed E-state index contributed by atoms with van der Waals surface area (Å²) in [5, 5.41) is 153. The van der Waals surface area contributed by atoms with Crippen molar-refractivity contribution in [3.05, 3.63) is 11.6 Å². The topological polar surface area (TPSA) is 346 Å². The fraction of sp³-hybridized carbons (Fsp3) is 0.903. The Balaban J connectivity index is 0.000000777. The highest BCUT2D eigenvalue weighted by Gasteiger charge is 2.73. The third kappa shape index (κ3) is 26.6. The van der Waals surface area contributed by atoms with E-state index < -0.39 is 180 Å². The van der Waals surface area contributed by atoms with Crippen LogP contribution in [0.15, 0.2) is 11.6 Å². The molecule has 0 radical (unpaired) electrons. The molecular weight excluding hydrogens is 1580 g/mol. The standard InChI is InChI=1S/C35H58F3NO5S2.C9H15F4NO4S2.2C9H16F3NO4S2/c1-20(2)7-6-8-21(3)25-11-12-26-24-10-9-22-17-23(13-15-33(22,4)27(24)14-16-34(25,26)5)44-19-29(41)31(43)30(42)28(40)18-39(32(45)46)35(36,37)38;1-3-4(15)5(16)7(10,17)8(11,18)9(12,13)14(2)6(19)20;2*1-2-4(14)6(16)7(17)5(15)3-13(8(18)19)9(10,11)12/h9,20-21,23-31,40-43H,6-8,10-19H2,1-5H3,(H,45,46);4-5,15-18H,3H2,1-2H3,(H,19,20);2*4-7,14-17H,2-3H2,1H3,(H,18,19)/p-4. The van der Waals surface area contributed by atoms with Crippen molar-refractivity contribution >= 4 is 117 Å². The van der Waals surface area contributed by atoms with Gasteiger partial charge in [-0.1, -0.05) is 104 Å². The first-order chi connectivity index (χ1) is 47.2. The van der Waals surface area contributed by atoms with E-state index in [2.05, 4.69) is 140 Å². The number of allylic oxidation sites excluding steroid dienone is 1. The maximum Gasteiger partial charge on any atom is 0.483 e. The van der Waals surface area contributed by atoms with Crippen molar-refractivity contribution in [2.45, 2.75) is 273 Å². The highest BCUT2D eigenvalue weighted by molar-refractivity contribution is 8.01. The van der Waals surface area contributed by atoms with E-state index in [1.807, 2.05) is 0 Å². The van der Waals surface area contributed by atoms with Gasteiger partial charge in [0.05, 0.1) is 50.7 Å². The van der Waals surface area contributed by atoms with E-state index in [9.17, 15) is 123 Å². The molecule has 614 valence electrons. The van der Waals surface area contributed by atoms with Gasteiger partial charge in [0.1, 0.15) is 67.1 Å². The van der Waals surface area contributed by atoms with Crippen LogP contribution in [0.25, 0.3) is 0 Å². The second kappa shape index (κ2) is 41.9. The van der Waals surface area contributed by atoms with Crippen LogP contribution in [0, 0.1) is 46.3 Å². The Labute approximate surface area is 640 Å². The van der Waals surface area contributed by atoms with Crippen LogP contribution in [0.5, 0.6) is 0 Å². The molecule has 0 saturated heterocycles. The van der Waals surface area contributed by atoms with Gasteiger partial charge in [0.15, 0.2) is 0 Å². The number of aliphatic hydroxyl groups is 16. The minimum atomic E-state index is -5.28. The number of hydrogen-bond acceptors (Lipinski definition) is 25. The van der Waals surface area contributed by atoms with Gasteiger partial charge >= 0.3 is 36.7 Å². The number of aliphatic hydroxyl groups excluding tert-OH is 14. The van der Waals surface area contributed by atoms with Gasteiger partial charge in [-0.2, -0.15) is 52.7 Å². The maximum absolute atomic E-state index is 13.8. The molecule has 4 rings (SSSR count). The Morgan fingerprint density at radius 2 is 0.913 bits per heavy atom. The summed E-state index contributed by atoms with van der Waals surface area (Å²) in [6, 6.07) is -5.09. The molecule has 0 aromatic rings. The van der Waals surface area contributed by atoms with Gasteiger partial charge in [-0.3, -0.25) is 14.7 Å². The van der Waals surface area contributed by atoms with Crippen molar-refractivity contribution in [3.63, 3.8) is 0 Å². The number of ether oxygens (including phenoxy) is 1. The lowest BCUT2D eigenvalue weighted by atomic mass is 9.47. The third-order valence-electron chi connectivity index (χ3n) is 20.4. The minimum Gasteiger partial charge on any atom is -0.411 e. The van der Waals surface area contributed by atoms with Gasteiger partial charge in [-0.05, 0) is 117 Å². The zero-order valence-electron chi connectivity index (χ0n) is 58.5. The molecule has 42 heteroatoms. The molecule has 0 amide bonds. The van der Waals surface area contributed by atoms with E-state index in [-0.39, 0.29) is 35.9 Å². The molecule has 4 aliphatic carbocycles. The smallest absolute Gasteiger partial charge is 0.411 e. The number of alkyl halides is 13. The summed E-state index contributed by atoms with van der Waals surface area (Å²) in [5.74, 6) is -5.65. The zero-order valence-corrected chi connectivity index (χ0v) is 65.0. The lowest BCUT2D eigenvalue weighted by Crippen LogP contribution is -2.70. The second-order valence-corrected chi connectivity index (χ2v) is 31.9. The molecular formula is C62H101F13N4O17S8-4. The molecule has 0 aromatic carbocycles. The van der Waals surface area contributed by atoms with E-state index in [0.29, 0.717) is 24.3 Å². The summed E-state index contributed by atoms with van der Waals surface area (Å²) >= 11 is 34.1. The van der Waals surface area contributed by atoms with E-state index in [4.69, 9.17) is 20.1 Å². The van der Waals surface area contributed by atoms with E-state index in [1.54, 1.807) is 0 Å². The number of thiocarbonyl (C=S) groups is 4. The van der Waals surface area contributed by atoms with Gasteiger partial charge in [-0.25, -0.2) is 4.39 Å². The van der Waals surface area contributed by atoms with Crippen LogP contribution >= 0.6 is 48.9 Å². The number of rotatable bonds is 31.